The number of hydrogen-bond donors (Lipinski definition) is 1. The van der Waals surface area contributed by atoms with E-state index in [1.165, 1.54) is 12.0 Å². The van der Waals surface area contributed by atoms with Gasteiger partial charge in [0.1, 0.15) is 5.54 Å². The lowest BCUT2D eigenvalue weighted by Gasteiger charge is -2.38. The highest BCUT2D eigenvalue weighted by molar-refractivity contribution is 7.99. The van der Waals surface area contributed by atoms with Crippen LogP contribution in [0.15, 0.2) is 30.3 Å². The molecule has 0 saturated heterocycles. The maximum atomic E-state index is 12.3. The van der Waals surface area contributed by atoms with Crippen molar-refractivity contribution in [1.29, 1.82) is 0 Å². The fraction of sp³-hybridized carbons (Fsp3) is 0.588. The van der Waals surface area contributed by atoms with Gasteiger partial charge in [-0.25, -0.2) is 0 Å². The first-order valence-electron chi connectivity index (χ1n) is 7.72. The zero-order valence-corrected chi connectivity index (χ0v) is 13.7. The first-order chi connectivity index (χ1) is 10.2. The second-order valence-electron chi connectivity index (χ2n) is 5.57. The van der Waals surface area contributed by atoms with Gasteiger partial charge in [-0.3, -0.25) is 4.79 Å². The van der Waals surface area contributed by atoms with Gasteiger partial charge in [0.05, 0.1) is 6.61 Å². The van der Waals surface area contributed by atoms with E-state index in [1.807, 2.05) is 31.8 Å². The third-order valence-corrected chi connectivity index (χ3v) is 5.55. The summed E-state index contributed by atoms with van der Waals surface area (Å²) in [6.45, 7) is 2.32. The molecule has 0 heterocycles. The van der Waals surface area contributed by atoms with Crippen LogP contribution in [-0.4, -0.2) is 30.4 Å². The van der Waals surface area contributed by atoms with Crippen molar-refractivity contribution in [1.82, 2.24) is 5.32 Å². The molecule has 2 unspecified atom stereocenters. The number of rotatable bonds is 6. The molecular formula is C17H25NO2S. The van der Waals surface area contributed by atoms with Crippen molar-refractivity contribution in [2.45, 2.75) is 49.1 Å². The minimum Gasteiger partial charge on any atom is -0.465 e. The van der Waals surface area contributed by atoms with Crippen LogP contribution in [0.3, 0.4) is 0 Å². The molecule has 2 atom stereocenters. The number of thioether (sulfide) groups is 1. The summed E-state index contributed by atoms with van der Waals surface area (Å²) >= 11 is 1.96. The van der Waals surface area contributed by atoms with Crippen molar-refractivity contribution in [3.05, 3.63) is 35.9 Å². The molecule has 0 spiro atoms. The summed E-state index contributed by atoms with van der Waals surface area (Å²) in [4.78, 5) is 12.3. The summed E-state index contributed by atoms with van der Waals surface area (Å²) in [5.74, 6) is 0.922. The normalized spacial score (nSPS) is 25.5. The average Bonchev–Trinajstić information content (AvgIpc) is 2.54. The summed E-state index contributed by atoms with van der Waals surface area (Å²) in [6.07, 6.45) is 4.00. The standard InChI is InChI=1S/C17H25NO2S/c1-3-20-16(19)17(18-2)11-7-10-15(12-17)21-13-14-8-5-4-6-9-14/h4-6,8-9,15,18H,3,7,10-13H2,1-2H3. The Labute approximate surface area is 131 Å². The number of carbonyl (C=O) groups is 1. The summed E-state index contributed by atoms with van der Waals surface area (Å²) in [7, 11) is 1.88. The van der Waals surface area contributed by atoms with Crippen molar-refractivity contribution in [2.24, 2.45) is 0 Å². The fourth-order valence-electron chi connectivity index (χ4n) is 2.94. The van der Waals surface area contributed by atoms with Gasteiger partial charge in [0.25, 0.3) is 0 Å². The summed E-state index contributed by atoms with van der Waals surface area (Å²) in [5.41, 5.74) is 0.863. The molecular weight excluding hydrogens is 282 g/mol. The van der Waals surface area contributed by atoms with Crippen LogP contribution >= 0.6 is 11.8 Å². The zero-order valence-electron chi connectivity index (χ0n) is 12.9. The van der Waals surface area contributed by atoms with E-state index in [9.17, 15) is 4.79 Å². The van der Waals surface area contributed by atoms with E-state index in [2.05, 4.69) is 29.6 Å². The molecule has 0 bridgehead atoms. The highest BCUT2D eigenvalue weighted by Crippen LogP contribution is 2.37. The molecule has 1 N–H and O–H groups in total. The number of likely N-dealkylation sites (N-methyl/N-ethyl adjacent to an activating group) is 1. The first-order valence-corrected chi connectivity index (χ1v) is 8.77. The Hall–Kier alpha value is -1.00. The highest BCUT2D eigenvalue weighted by Gasteiger charge is 2.42. The zero-order chi connectivity index (χ0) is 15.1. The number of benzene rings is 1. The third kappa shape index (κ3) is 4.24. The topological polar surface area (TPSA) is 38.3 Å². The van der Waals surface area contributed by atoms with Crippen LogP contribution in [0.25, 0.3) is 0 Å². The molecule has 0 aliphatic heterocycles. The minimum atomic E-state index is -0.484. The molecule has 3 nitrogen and oxygen atoms in total. The SMILES string of the molecule is CCOC(=O)C1(NC)CCCC(SCc2ccccc2)C1. The molecule has 1 aromatic rings. The second-order valence-corrected chi connectivity index (χ2v) is 6.86. The van der Waals surface area contributed by atoms with E-state index < -0.39 is 5.54 Å². The van der Waals surface area contributed by atoms with Gasteiger partial charge in [-0.1, -0.05) is 30.3 Å². The Kier molecular flexibility index (Phi) is 6.12. The highest BCUT2D eigenvalue weighted by atomic mass is 32.2. The molecule has 0 radical (unpaired) electrons. The van der Waals surface area contributed by atoms with Gasteiger partial charge in [-0.2, -0.15) is 11.8 Å². The Morgan fingerprint density at radius 2 is 2.19 bits per heavy atom. The second kappa shape index (κ2) is 7.85. The van der Waals surface area contributed by atoms with Crippen molar-refractivity contribution < 1.29 is 9.53 Å². The predicted molar refractivity (Wildman–Crippen MR) is 88.4 cm³/mol. The number of hydrogen-bond acceptors (Lipinski definition) is 4. The van der Waals surface area contributed by atoms with Crippen molar-refractivity contribution in [3.8, 4) is 0 Å². The van der Waals surface area contributed by atoms with Gasteiger partial charge >= 0.3 is 5.97 Å². The lowest BCUT2D eigenvalue weighted by atomic mass is 9.81. The van der Waals surface area contributed by atoms with Crippen molar-refractivity contribution >= 4 is 17.7 Å². The molecule has 0 amide bonds. The molecule has 116 valence electrons. The molecule has 1 aromatic carbocycles. The maximum Gasteiger partial charge on any atom is 0.326 e. The molecule has 21 heavy (non-hydrogen) atoms. The Bertz CT molecular complexity index is 451. The smallest absolute Gasteiger partial charge is 0.326 e. The lowest BCUT2D eigenvalue weighted by molar-refractivity contribution is -0.152. The fourth-order valence-corrected chi connectivity index (χ4v) is 4.29. The maximum absolute atomic E-state index is 12.3. The van der Waals surface area contributed by atoms with E-state index in [-0.39, 0.29) is 5.97 Å². The monoisotopic (exact) mass is 307 g/mol. The number of nitrogens with one attached hydrogen (secondary N) is 1. The predicted octanol–water partition coefficient (Wildman–Crippen LogP) is 3.38. The van der Waals surface area contributed by atoms with E-state index in [0.29, 0.717) is 11.9 Å². The van der Waals surface area contributed by atoms with E-state index >= 15 is 0 Å². The Balaban J connectivity index is 1.94. The van der Waals surface area contributed by atoms with Gasteiger partial charge in [-0.05, 0) is 45.2 Å². The van der Waals surface area contributed by atoms with Crippen LogP contribution in [0.5, 0.6) is 0 Å². The van der Waals surface area contributed by atoms with Gasteiger partial charge in [0.2, 0.25) is 0 Å². The first kappa shape index (κ1) is 16.4. The van der Waals surface area contributed by atoms with Gasteiger partial charge in [0, 0.05) is 11.0 Å². The lowest BCUT2D eigenvalue weighted by Crippen LogP contribution is -2.54. The van der Waals surface area contributed by atoms with Crippen LogP contribution in [0, 0.1) is 0 Å². The van der Waals surface area contributed by atoms with Crippen LogP contribution in [-0.2, 0) is 15.3 Å². The van der Waals surface area contributed by atoms with E-state index in [1.54, 1.807) is 0 Å². The molecule has 1 aliphatic carbocycles. The summed E-state index contributed by atoms with van der Waals surface area (Å²) in [5, 5.41) is 3.75. The summed E-state index contributed by atoms with van der Waals surface area (Å²) in [6, 6.07) is 10.5. The third-order valence-electron chi connectivity index (χ3n) is 4.18. The van der Waals surface area contributed by atoms with Crippen LogP contribution in [0.2, 0.25) is 0 Å². The molecule has 2 rings (SSSR count). The molecule has 1 saturated carbocycles. The number of ether oxygens (including phenoxy) is 1. The van der Waals surface area contributed by atoms with Crippen molar-refractivity contribution in [3.63, 3.8) is 0 Å². The Morgan fingerprint density at radius 1 is 1.43 bits per heavy atom. The van der Waals surface area contributed by atoms with Gasteiger partial charge in [-0.15, -0.1) is 0 Å². The van der Waals surface area contributed by atoms with Crippen LogP contribution in [0.1, 0.15) is 38.2 Å². The van der Waals surface area contributed by atoms with Crippen molar-refractivity contribution in [2.75, 3.05) is 13.7 Å². The minimum absolute atomic E-state index is 0.0856. The van der Waals surface area contributed by atoms with Gasteiger partial charge < -0.3 is 10.1 Å². The van der Waals surface area contributed by atoms with Gasteiger partial charge in [0.15, 0.2) is 0 Å². The molecule has 1 aliphatic rings. The quantitative estimate of drug-likeness (QED) is 0.818. The number of carbonyl (C=O) groups excluding carboxylic acids is 1. The molecule has 0 aromatic heterocycles. The average molecular weight is 307 g/mol. The molecule has 1 fully saturated rings. The summed E-state index contributed by atoms with van der Waals surface area (Å²) < 4.78 is 5.28. The van der Waals surface area contributed by atoms with E-state index in [4.69, 9.17) is 4.74 Å². The molecule has 4 heteroatoms. The van der Waals surface area contributed by atoms with Crippen LogP contribution in [0.4, 0.5) is 0 Å². The van der Waals surface area contributed by atoms with Crippen LogP contribution < -0.4 is 5.32 Å². The van der Waals surface area contributed by atoms with E-state index in [0.717, 1.165) is 25.0 Å². The Morgan fingerprint density at radius 3 is 2.86 bits per heavy atom. The number of esters is 1. The largest absolute Gasteiger partial charge is 0.465 e.